The van der Waals surface area contributed by atoms with E-state index in [-0.39, 0.29) is 0 Å². The second-order valence-electron chi connectivity index (χ2n) is 14.4. The number of ether oxygens (including phenoxy) is 7. The first kappa shape index (κ1) is 47.3. The summed E-state index contributed by atoms with van der Waals surface area (Å²) in [7, 11) is 0. The number of amides is 2. The summed E-state index contributed by atoms with van der Waals surface area (Å²) in [5.41, 5.74) is 0. The molecule has 0 spiro atoms. The molecule has 4 aliphatic heterocycles. The van der Waals surface area contributed by atoms with Gasteiger partial charge < -0.3 is 110 Å². The predicted octanol–water partition coefficient (Wildman–Crippen LogP) is -9.19. The van der Waals surface area contributed by atoms with E-state index < -0.39 is 179 Å². The van der Waals surface area contributed by atoms with E-state index in [1.54, 1.807) is 0 Å². The third-order valence-electron chi connectivity index (χ3n) is 10.2. The van der Waals surface area contributed by atoms with Gasteiger partial charge in [0.15, 0.2) is 12.6 Å². The zero-order chi connectivity index (χ0) is 42.7. The van der Waals surface area contributed by atoms with Gasteiger partial charge in [-0.3, -0.25) is 9.59 Å². The smallest absolute Gasteiger partial charge is 0.364 e. The summed E-state index contributed by atoms with van der Waals surface area (Å²) in [6, 6.07) is -3.08. The van der Waals surface area contributed by atoms with Gasteiger partial charge in [-0.1, -0.05) is 0 Å². The summed E-state index contributed by atoms with van der Waals surface area (Å²) in [5, 5.41) is 141. The molecule has 0 aromatic carbocycles. The van der Waals surface area contributed by atoms with Crippen molar-refractivity contribution in [3.8, 4) is 0 Å². The van der Waals surface area contributed by atoms with Crippen molar-refractivity contribution in [3.05, 3.63) is 0 Å². The molecule has 4 fully saturated rings. The van der Waals surface area contributed by atoms with E-state index in [0.717, 1.165) is 13.8 Å². The average Bonchev–Trinajstić information content (AvgIpc) is 3.16. The second kappa shape index (κ2) is 19.8. The minimum atomic E-state index is -2.89. The molecule has 25 heteroatoms. The maximum atomic E-state index is 12.6. The molecule has 7 unspecified atom stereocenters. The third-order valence-corrected chi connectivity index (χ3v) is 10.2. The normalized spacial score (nSPS) is 45.1. The Morgan fingerprint density at radius 1 is 0.719 bits per heavy atom. The summed E-state index contributed by atoms with van der Waals surface area (Å²) in [6.45, 7) is -0.0762. The molecule has 57 heavy (non-hydrogen) atoms. The lowest BCUT2D eigenvalue weighted by Crippen LogP contribution is -2.69. The van der Waals surface area contributed by atoms with Crippen LogP contribution in [0.2, 0.25) is 0 Å². The Morgan fingerprint density at radius 2 is 1.28 bits per heavy atom. The number of carboxylic acid groups (broad SMARTS) is 1. The molecule has 0 radical (unpaired) electrons. The zero-order valence-corrected chi connectivity index (χ0v) is 31.0. The average molecular weight is 835 g/mol. The van der Waals surface area contributed by atoms with E-state index in [1.165, 1.54) is 6.92 Å². The number of carbonyl (C=O) groups excluding carboxylic acids is 2. The van der Waals surface area contributed by atoms with Gasteiger partial charge in [0.25, 0.3) is 5.79 Å². The molecule has 4 saturated heterocycles. The number of aliphatic hydroxyl groups excluding tert-OH is 12. The number of aliphatic hydroxyl groups is 12. The maximum absolute atomic E-state index is 12.6. The number of carbonyl (C=O) groups is 3. The van der Waals surface area contributed by atoms with E-state index in [1.807, 2.05) is 0 Å². The van der Waals surface area contributed by atoms with E-state index >= 15 is 0 Å². The first-order valence-electron chi connectivity index (χ1n) is 18.0. The molecule has 0 saturated carbocycles. The monoisotopic (exact) mass is 834 g/mol. The Balaban J connectivity index is 1.54. The highest BCUT2D eigenvalue weighted by molar-refractivity contribution is 5.76. The highest BCUT2D eigenvalue weighted by Gasteiger charge is 2.58. The van der Waals surface area contributed by atoms with Crippen molar-refractivity contribution >= 4 is 17.8 Å². The molecule has 4 rings (SSSR count). The lowest BCUT2D eigenvalue weighted by Gasteiger charge is -2.49. The Kier molecular flexibility index (Phi) is 16.4. The molecular weight excluding hydrogens is 780 g/mol. The number of nitrogens with one attached hydrogen (secondary N) is 2. The number of hydrogen-bond acceptors (Lipinski definition) is 22. The Morgan fingerprint density at radius 3 is 1.84 bits per heavy atom. The van der Waals surface area contributed by atoms with Crippen molar-refractivity contribution in [1.82, 2.24) is 10.6 Å². The first-order valence-corrected chi connectivity index (χ1v) is 18.0. The third kappa shape index (κ3) is 10.3. The molecule has 2 amide bonds. The second-order valence-corrected chi connectivity index (χ2v) is 14.4. The van der Waals surface area contributed by atoms with Crippen molar-refractivity contribution in [2.75, 3.05) is 26.4 Å². The summed E-state index contributed by atoms with van der Waals surface area (Å²) < 4.78 is 39.6. The largest absolute Gasteiger partial charge is 0.477 e. The molecule has 4 aliphatic rings. The van der Waals surface area contributed by atoms with E-state index in [0.29, 0.717) is 0 Å². The van der Waals surface area contributed by atoms with Crippen LogP contribution in [0.5, 0.6) is 0 Å². The molecule has 0 aromatic rings. The molecule has 330 valence electrons. The van der Waals surface area contributed by atoms with Crippen LogP contribution in [-0.2, 0) is 47.5 Å². The minimum Gasteiger partial charge on any atom is -0.477 e. The predicted molar refractivity (Wildman–Crippen MR) is 178 cm³/mol. The van der Waals surface area contributed by atoms with Gasteiger partial charge in [0.2, 0.25) is 11.8 Å². The summed E-state index contributed by atoms with van der Waals surface area (Å²) in [5.74, 6) is -6.28. The van der Waals surface area contributed by atoms with E-state index in [4.69, 9.17) is 33.2 Å². The molecule has 21 atom stereocenters. The fourth-order valence-corrected chi connectivity index (χ4v) is 7.18. The van der Waals surface area contributed by atoms with Gasteiger partial charge in [0, 0.05) is 20.3 Å². The standard InChI is InChI=1S/C32H54N2O23/c1-9-26(24(47)20(43)14(6-36)52-9)55-29-18(34-11(3)39)22(45)27(15(7-37)53-29)56-30-25(48)23(46)21(44)16(54-30)8-51-32(31(49)50)4-12(40)17(33-10(2)38)28(57-32)19(42)13(41)5-35/h9,12-30,35-37,40-48H,4-8H2,1-3H3,(H,33,38)(H,34,39)(H,49,50)/t9-,12-,13-,14?,15+,16?,17+,18?,19+,20-,21-,22?,23-,24-,25?,26?,27+,28?,29+,30-,32+/m0/s1. The quantitative estimate of drug-likeness (QED) is 0.0728. The van der Waals surface area contributed by atoms with Gasteiger partial charge in [0.05, 0.1) is 44.7 Å². The fourth-order valence-electron chi connectivity index (χ4n) is 7.18. The molecular formula is C32H54N2O23. The van der Waals surface area contributed by atoms with Gasteiger partial charge >= 0.3 is 5.97 Å². The van der Waals surface area contributed by atoms with Crippen LogP contribution in [-0.4, -0.2) is 239 Å². The van der Waals surface area contributed by atoms with Crippen molar-refractivity contribution in [2.45, 2.75) is 155 Å². The van der Waals surface area contributed by atoms with Crippen molar-refractivity contribution < 1.29 is 114 Å². The number of carboxylic acids is 1. The fraction of sp³-hybridized carbons (Fsp3) is 0.906. The Bertz CT molecular complexity index is 1350. The van der Waals surface area contributed by atoms with Gasteiger partial charge in [-0.05, 0) is 6.92 Å². The molecule has 0 bridgehead atoms. The van der Waals surface area contributed by atoms with Crippen LogP contribution in [0, 0.1) is 0 Å². The van der Waals surface area contributed by atoms with Crippen LogP contribution in [0.15, 0.2) is 0 Å². The van der Waals surface area contributed by atoms with Gasteiger partial charge in [0.1, 0.15) is 91.5 Å². The number of hydrogen-bond donors (Lipinski definition) is 15. The summed E-state index contributed by atoms with van der Waals surface area (Å²) in [6.07, 6.45) is -32.5. The van der Waals surface area contributed by atoms with Gasteiger partial charge in [-0.25, -0.2) is 4.79 Å². The van der Waals surface area contributed by atoms with Crippen LogP contribution in [0.3, 0.4) is 0 Å². The molecule has 0 aliphatic carbocycles. The van der Waals surface area contributed by atoms with Gasteiger partial charge in [-0.2, -0.15) is 0 Å². The van der Waals surface area contributed by atoms with E-state index in [2.05, 4.69) is 10.6 Å². The van der Waals surface area contributed by atoms with Crippen LogP contribution in [0.4, 0.5) is 0 Å². The highest BCUT2D eigenvalue weighted by atomic mass is 16.8. The Hall–Kier alpha value is -2.35. The molecule has 15 N–H and O–H groups in total. The van der Waals surface area contributed by atoms with Gasteiger partial charge in [-0.15, -0.1) is 0 Å². The van der Waals surface area contributed by atoms with E-state index in [9.17, 15) is 80.8 Å². The minimum absolute atomic E-state index is 0.638. The van der Waals surface area contributed by atoms with Crippen LogP contribution < -0.4 is 10.6 Å². The number of rotatable bonds is 15. The molecule has 25 nitrogen and oxygen atoms in total. The lowest BCUT2D eigenvalue weighted by molar-refractivity contribution is -0.366. The van der Waals surface area contributed by atoms with Crippen LogP contribution >= 0.6 is 0 Å². The summed E-state index contributed by atoms with van der Waals surface area (Å²) >= 11 is 0. The highest BCUT2D eigenvalue weighted by Crippen LogP contribution is 2.36. The van der Waals surface area contributed by atoms with Crippen LogP contribution in [0.25, 0.3) is 0 Å². The maximum Gasteiger partial charge on any atom is 0.364 e. The summed E-state index contributed by atoms with van der Waals surface area (Å²) in [4.78, 5) is 36.6. The van der Waals surface area contributed by atoms with Crippen molar-refractivity contribution in [3.63, 3.8) is 0 Å². The Labute approximate surface area is 324 Å². The molecule has 0 aromatic heterocycles. The topological polar surface area (TPSA) is 403 Å². The zero-order valence-electron chi connectivity index (χ0n) is 31.0. The SMILES string of the molecule is CC(=O)NC1C(O)[C@H](O[C@@H]2OC(CO[C@]3(C(=O)O)C[C@H](O)[C@@H](NC(C)=O)C([C@H](O)[C@@H](O)CO)O3)[C@H](O)[C@H](O)C2O)[C@@H](CO)O[C@@H]1OC1[C@H](C)OC(CO)[C@H](O)[C@@H]1O. The van der Waals surface area contributed by atoms with Crippen molar-refractivity contribution in [2.24, 2.45) is 0 Å². The van der Waals surface area contributed by atoms with Crippen LogP contribution in [0.1, 0.15) is 27.2 Å². The number of aliphatic carboxylic acids is 1. The van der Waals surface area contributed by atoms with Crippen molar-refractivity contribution in [1.29, 1.82) is 0 Å². The first-order chi connectivity index (χ1) is 26.7. The molecule has 4 heterocycles. The lowest BCUT2D eigenvalue weighted by atomic mass is 9.88.